The van der Waals surface area contributed by atoms with Crippen LogP contribution in [0, 0.1) is 0 Å². The molecule has 0 fully saturated rings. The summed E-state index contributed by atoms with van der Waals surface area (Å²) in [5, 5.41) is 9.87. The molecule has 1 heterocycles. The predicted molar refractivity (Wildman–Crippen MR) is 66.3 cm³/mol. The third-order valence-corrected chi connectivity index (χ3v) is 3.04. The molecule has 0 radical (unpaired) electrons. The van der Waals surface area contributed by atoms with Crippen LogP contribution in [0.5, 0.6) is 0 Å². The van der Waals surface area contributed by atoms with Crippen LogP contribution in [-0.4, -0.2) is 28.7 Å². The van der Waals surface area contributed by atoms with Crippen molar-refractivity contribution in [2.45, 2.75) is 38.8 Å². The van der Waals surface area contributed by atoms with Crippen LogP contribution in [0.25, 0.3) is 0 Å². The van der Waals surface area contributed by atoms with Gasteiger partial charge in [-0.2, -0.15) is 0 Å². The maximum absolute atomic E-state index is 9.87. The topological polar surface area (TPSA) is 23.5 Å². The number of benzene rings is 1. The molecule has 0 atom stereocenters. The van der Waals surface area contributed by atoms with E-state index in [1.807, 2.05) is 13.8 Å². The second kappa shape index (κ2) is 4.56. The molecule has 0 saturated carbocycles. The summed E-state index contributed by atoms with van der Waals surface area (Å²) in [4.78, 5) is 2.35. The van der Waals surface area contributed by atoms with E-state index in [0.29, 0.717) is 0 Å². The van der Waals surface area contributed by atoms with E-state index in [9.17, 15) is 5.11 Å². The molecule has 0 saturated heterocycles. The molecule has 0 bridgehead atoms. The average Bonchev–Trinajstić information content (AvgIpc) is 2.36. The lowest BCUT2D eigenvalue weighted by molar-refractivity contribution is 0.0340. The van der Waals surface area contributed by atoms with Crippen LogP contribution in [-0.2, 0) is 13.0 Å². The molecule has 0 amide bonds. The molecule has 0 aliphatic carbocycles. The van der Waals surface area contributed by atoms with Crippen molar-refractivity contribution in [1.82, 2.24) is 4.90 Å². The summed E-state index contributed by atoms with van der Waals surface area (Å²) < 4.78 is 0. The van der Waals surface area contributed by atoms with Crippen LogP contribution in [0.3, 0.4) is 0 Å². The first-order valence-corrected chi connectivity index (χ1v) is 6.06. The van der Waals surface area contributed by atoms with Crippen LogP contribution >= 0.6 is 0 Å². The van der Waals surface area contributed by atoms with E-state index in [-0.39, 0.29) is 0 Å². The standard InChI is InChI=1S/C14H21NO/c1-14(2,16)11-15-9-5-8-12-6-3-4-7-13(12)10-15/h3-4,6-7,16H,5,8-11H2,1-2H3. The van der Waals surface area contributed by atoms with E-state index < -0.39 is 5.60 Å². The van der Waals surface area contributed by atoms with Gasteiger partial charge in [0.15, 0.2) is 0 Å². The average molecular weight is 219 g/mol. The fourth-order valence-corrected chi connectivity index (χ4v) is 2.45. The molecule has 1 aliphatic rings. The minimum atomic E-state index is -0.598. The SMILES string of the molecule is CC(C)(O)CN1CCCc2ccccc2C1. The zero-order valence-corrected chi connectivity index (χ0v) is 10.2. The highest BCUT2D eigenvalue weighted by molar-refractivity contribution is 5.28. The van der Waals surface area contributed by atoms with Crippen molar-refractivity contribution < 1.29 is 5.11 Å². The minimum Gasteiger partial charge on any atom is -0.389 e. The molecule has 2 nitrogen and oxygen atoms in total. The van der Waals surface area contributed by atoms with Gasteiger partial charge < -0.3 is 5.11 Å². The highest BCUT2D eigenvalue weighted by atomic mass is 16.3. The van der Waals surface area contributed by atoms with Crippen LogP contribution in [0.15, 0.2) is 24.3 Å². The Morgan fingerprint density at radius 1 is 1.25 bits per heavy atom. The summed E-state index contributed by atoms with van der Waals surface area (Å²) in [6.07, 6.45) is 2.35. The van der Waals surface area contributed by atoms with Gasteiger partial charge >= 0.3 is 0 Å². The Morgan fingerprint density at radius 2 is 1.94 bits per heavy atom. The van der Waals surface area contributed by atoms with Gasteiger partial charge in [-0.05, 0) is 44.4 Å². The Kier molecular flexibility index (Phi) is 3.31. The van der Waals surface area contributed by atoms with Crippen LogP contribution in [0.2, 0.25) is 0 Å². The Hall–Kier alpha value is -0.860. The first-order valence-electron chi connectivity index (χ1n) is 6.06. The van der Waals surface area contributed by atoms with E-state index in [1.54, 1.807) is 0 Å². The predicted octanol–water partition coefficient (Wildman–Crippen LogP) is 2.21. The summed E-state index contributed by atoms with van der Waals surface area (Å²) in [6.45, 7) is 6.56. The van der Waals surface area contributed by atoms with Crippen molar-refractivity contribution in [3.05, 3.63) is 35.4 Å². The van der Waals surface area contributed by atoms with Gasteiger partial charge in [0, 0.05) is 13.1 Å². The van der Waals surface area contributed by atoms with Gasteiger partial charge in [-0.25, -0.2) is 0 Å². The zero-order valence-electron chi connectivity index (χ0n) is 10.2. The summed E-state index contributed by atoms with van der Waals surface area (Å²) >= 11 is 0. The third kappa shape index (κ3) is 3.06. The summed E-state index contributed by atoms with van der Waals surface area (Å²) in [7, 11) is 0. The Morgan fingerprint density at radius 3 is 2.62 bits per heavy atom. The summed E-state index contributed by atoms with van der Waals surface area (Å²) in [5.41, 5.74) is 2.30. The lowest BCUT2D eigenvalue weighted by Crippen LogP contribution is -2.38. The molecule has 0 spiro atoms. The fourth-order valence-electron chi connectivity index (χ4n) is 2.45. The largest absolute Gasteiger partial charge is 0.389 e. The number of hydrogen-bond donors (Lipinski definition) is 1. The van der Waals surface area contributed by atoms with Gasteiger partial charge in [0.25, 0.3) is 0 Å². The van der Waals surface area contributed by atoms with Crippen molar-refractivity contribution in [2.75, 3.05) is 13.1 Å². The van der Waals surface area contributed by atoms with Gasteiger partial charge in [0.1, 0.15) is 0 Å². The molecule has 1 N–H and O–H groups in total. The Labute approximate surface area is 97.9 Å². The van der Waals surface area contributed by atoms with E-state index in [1.165, 1.54) is 24.0 Å². The van der Waals surface area contributed by atoms with Crippen molar-refractivity contribution in [3.8, 4) is 0 Å². The normalized spacial score (nSPS) is 17.9. The van der Waals surface area contributed by atoms with E-state index >= 15 is 0 Å². The second-order valence-electron chi connectivity index (χ2n) is 5.40. The zero-order chi connectivity index (χ0) is 11.6. The first-order chi connectivity index (χ1) is 7.54. The van der Waals surface area contributed by atoms with Gasteiger partial charge in [-0.3, -0.25) is 4.90 Å². The number of aryl methyl sites for hydroxylation is 1. The molecular formula is C14H21NO. The summed E-state index contributed by atoms with van der Waals surface area (Å²) in [5.74, 6) is 0. The lowest BCUT2D eigenvalue weighted by Gasteiger charge is -2.27. The first kappa shape index (κ1) is 11.6. The van der Waals surface area contributed by atoms with Crippen molar-refractivity contribution in [1.29, 1.82) is 0 Å². The lowest BCUT2D eigenvalue weighted by atomic mass is 10.0. The molecule has 0 unspecified atom stereocenters. The van der Waals surface area contributed by atoms with Crippen molar-refractivity contribution >= 4 is 0 Å². The van der Waals surface area contributed by atoms with Crippen LogP contribution in [0.1, 0.15) is 31.4 Å². The molecule has 0 aromatic heterocycles. The van der Waals surface area contributed by atoms with E-state index in [2.05, 4.69) is 29.2 Å². The molecule has 16 heavy (non-hydrogen) atoms. The second-order valence-corrected chi connectivity index (χ2v) is 5.40. The quantitative estimate of drug-likeness (QED) is 0.824. The third-order valence-electron chi connectivity index (χ3n) is 3.04. The molecule has 1 aromatic carbocycles. The highest BCUT2D eigenvalue weighted by Crippen LogP contribution is 2.19. The Bertz CT molecular complexity index is 354. The number of rotatable bonds is 2. The van der Waals surface area contributed by atoms with E-state index in [0.717, 1.165) is 19.6 Å². The molecule has 2 rings (SSSR count). The number of fused-ring (bicyclic) bond motifs is 1. The van der Waals surface area contributed by atoms with Gasteiger partial charge in [0.05, 0.1) is 5.60 Å². The maximum atomic E-state index is 9.87. The summed E-state index contributed by atoms with van der Waals surface area (Å²) in [6, 6.07) is 8.65. The van der Waals surface area contributed by atoms with Gasteiger partial charge in [-0.15, -0.1) is 0 Å². The smallest absolute Gasteiger partial charge is 0.0718 e. The minimum absolute atomic E-state index is 0.598. The maximum Gasteiger partial charge on any atom is 0.0718 e. The van der Waals surface area contributed by atoms with Gasteiger partial charge in [0.2, 0.25) is 0 Å². The van der Waals surface area contributed by atoms with Crippen molar-refractivity contribution in [3.63, 3.8) is 0 Å². The van der Waals surface area contributed by atoms with Crippen LogP contribution in [0.4, 0.5) is 0 Å². The molecule has 2 heteroatoms. The van der Waals surface area contributed by atoms with Gasteiger partial charge in [-0.1, -0.05) is 24.3 Å². The number of aliphatic hydroxyl groups is 1. The number of nitrogens with zero attached hydrogens (tertiary/aromatic N) is 1. The molecule has 88 valence electrons. The monoisotopic (exact) mass is 219 g/mol. The molecule has 1 aliphatic heterocycles. The number of hydrogen-bond acceptors (Lipinski definition) is 2. The highest BCUT2D eigenvalue weighted by Gasteiger charge is 2.20. The fraction of sp³-hybridized carbons (Fsp3) is 0.571. The van der Waals surface area contributed by atoms with Crippen molar-refractivity contribution in [2.24, 2.45) is 0 Å². The molecular weight excluding hydrogens is 198 g/mol. The Balaban J connectivity index is 2.11. The number of β-amino-alcohol motifs (C(OH)–C–C–N with tert-alkyl or cyclic N) is 1. The van der Waals surface area contributed by atoms with E-state index in [4.69, 9.17) is 0 Å². The van der Waals surface area contributed by atoms with Crippen LogP contribution < -0.4 is 0 Å². The molecule has 1 aromatic rings.